The van der Waals surface area contributed by atoms with E-state index in [4.69, 9.17) is 4.74 Å². The standard InChI is InChI=1S/C16H12F3N3O3/c1-10(23)25-9-13-20-21-8-7-12(16(17,18)19)14(21)15(24)22(13)11-5-3-2-4-6-11/h2-8H,9H2,1H3. The van der Waals surface area contributed by atoms with E-state index in [9.17, 15) is 22.8 Å². The largest absolute Gasteiger partial charge is 0.458 e. The van der Waals surface area contributed by atoms with Crippen LogP contribution >= 0.6 is 0 Å². The fourth-order valence-corrected chi connectivity index (χ4v) is 2.44. The molecule has 0 bridgehead atoms. The minimum absolute atomic E-state index is 0.00299. The van der Waals surface area contributed by atoms with Crippen molar-refractivity contribution < 1.29 is 22.7 Å². The van der Waals surface area contributed by atoms with Gasteiger partial charge in [-0.25, -0.2) is 4.52 Å². The van der Waals surface area contributed by atoms with Crippen molar-refractivity contribution in [2.24, 2.45) is 0 Å². The molecule has 9 heteroatoms. The summed E-state index contributed by atoms with van der Waals surface area (Å²) in [4.78, 5) is 23.8. The van der Waals surface area contributed by atoms with Crippen LogP contribution in [0.1, 0.15) is 18.3 Å². The van der Waals surface area contributed by atoms with E-state index < -0.39 is 28.8 Å². The van der Waals surface area contributed by atoms with Crippen LogP contribution in [0.15, 0.2) is 47.4 Å². The van der Waals surface area contributed by atoms with Crippen LogP contribution in [-0.4, -0.2) is 20.2 Å². The highest BCUT2D eigenvalue weighted by Gasteiger charge is 2.35. The fourth-order valence-electron chi connectivity index (χ4n) is 2.44. The molecule has 0 atom stereocenters. The van der Waals surface area contributed by atoms with Gasteiger partial charge in [0, 0.05) is 13.1 Å². The number of carbonyl (C=O) groups is 1. The molecule has 3 rings (SSSR count). The van der Waals surface area contributed by atoms with E-state index in [1.807, 2.05) is 0 Å². The Morgan fingerprint density at radius 2 is 1.88 bits per heavy atom. The maximum Gasteiger partial charge on any atom is 0.418 e. The number of aromatic nitrogens is 3. The number of rotatable bonds is 3. The first-order chi connectivity index (χ1) is 11.8. The third-order valence-corrected chi connectivity index (χ3v) is 3.48. The highest BCUT2D eigenvalue weighted by molar-refractivity contribution is 5.65. The Hall–Kier alpha value is -3.10. The quantitative estimate of drug-likeness (QED) is 0.681. The van der Waals surface area contributed by atoms with Crippen LogP contribution in [0.25, 0.3) is 11.2 Å². The average Bonchev–Trinajstić information content (AvgIpc) is 2.98. The van der Waals surface area contributed by atoms with Gasteiger partial charge in [0.05, 0.1) is 11.3 Å². The Kier molecular flexibility index (Phi) is 4.07. The summed E-state index contributed by atoms with van der Waals surface area (Å²) in [6.45, 7) is 0.829. The molecule has 0 unspecified atom stereocenters. The summed E-state index contributed by atoms with van der Waals surface area (Å²) < 4.78 is 46.2. The van der Waals surface area contributed by atoms with E-state index in [0.29, 0.717) is 5.69 Å². The van der Waals surface area contributed by atoms with Crippen LogP contribution in [0.5, 0.6) is 0 Å². The lowest BCUT2D eigenvalue weighted by Crippen LogP contribution is -2.28. The zero-order valence-electron chi connectivity index (χ0n) is 12.9. The van der Waals surface area contributed by atoms with Crippen molar-refractivity contribution in [2.75, 3.05) is 0 Å². The molecule has 0 spiro atoms. The van der Waals surface area contributed by atoms with Crippen molar-refractivity contribution in [3.63, 3.8) is 0 Å². The van der Waals surface area contributed by atoms with E-state index in [0.717, 1.165) is 21.3 Å². The average molecular weight is 351 g/mol. The lowest BCUT2D eigenvalue weighted by atomic mass is 10.2. The Morgan fingerprint density at radius 3 is 2.48 bits per heavy atom. The number of halogens is 3. The number of benzene rings is 1. The van der Waals surface area contributed by atoms with Crippen LogP contribution in [0.4, 0.5) is 13.2 Å². The number of alkyl halides is 3. The van der Waals surface area contributed by atoms with E-state index in [-0.39, 0.29) is 12.4 Å². The maximum absolute atomic E-state index is 13.2. The molecule has 2 aromatic heterocycles. The number of hydrogen-bond acceptors (Lipinski definition) is 4. The molecule has 0 aliphatic carbocycles. The van der Waals surface area contributed by atoms with Gasteiger partial charge in [-0.2, -0.15) is 18.3 Å². The van der Waals surface area contributed by atoms with Gasteiger partial charge < -0.3 is 4.74 Å². The third-order valence-electron chi connectivity index (χ3n) is 3.48. The SMILES string of the molecule is CC(=O)OCc1nn2ccc(C(F)(F)F)c2c(=O)n1-c1ccccc1. The third kappa shape index (κ3) is 3.12. The van der Waals surface area contributed by atoms with E-state index in [1.54, 1.807) is 30.3 Å². The van der Waals surface area contributed by atoms with Crippen molar-refractivity contribution in [1.82, 2.24) is 14.2 Å². The smallest absolute Gasteiger partial charge is 0.418 e. The van der Waals surface area contributed by atoms with Gasteiger partial charge in [-0.15, -0.1) is 0 Å². The first-order valence-corrected chi connectivity index (χ1v) is 7.18. The molecule has 25 heavy (non-hydrogen) atoms. The summed E-state index contributed by atoms with van der Waals surface area (Å²) >= 11 is 0. The molecule has 0 fully saturated rings. The monoisotopic (exact) mass is 351 g/mol. The number of nitrogens with zero attached hydrogens (tertiary/aromatic N) is 3. The van der Waals surface area contributed by atoms with Gasteiger partial charge in [0.15, 0.2) is 12.4 Å². The Labute approximate surface area is 139 Å². The number of ether oxygens (including phenoxy) is 1. The van der Waals surface area contributed by atoms with Gasteiger partial charge in [-0.1, -0.05) is 18.2 Å². The van der Waals surface area contributed by atoms with Crippen LogP contribution < -0.4 is 5.56 Å². The molecule has 0 N–H and O–H groups in total. The van der Waals surface area contributed by atoms with E-state index >= 15 is 0 Å². The number of carbonyl (C=O) groups excluding carboxylic acids is 1. The van der Waals surface area contributed by atoms with Gasteiger partial charge in [-0.05, 0) is 18.2 Å². The molecule has 2 heterocycles. The zero-order chi connectivity index (χ0) is 18.2. The highest BCUT2D eigenvalue weighted by atomic mass is 19.4. The Bertz CT molecular complexity index is 991. The molecule has 0 saturated heterocycles. The number of fused-ring (bicyclic) bond motifs is 1. The van der Waals surface area contributed by atoms with Gasteiger partial charge in [-0.3, -0.25) is 14.2 Å². The topological polar surface area (TPSA) is 65.6 Å². The first kappa shape index (κ1) is 16.7. The predicted octanol–water partition coefficient (Wildman–Crippen LogP) is 2.57. The Balaban J connectivity index is 2.31. The number of esters is 1. The van der Waals surface area contributed by atoms with E-state index in [2.05, 4.69) is 5.10 Å². The summed E-state index contributed by atoms with van der Waals surface area (Å²) in [6.07, 6.45) is -3.65. The predicted molar refractivity (Wildman–Crippen MR) is 81.3 cm³/mol. The first-order valence-electron chi connectivity index (χ1n) is 7.18. The molecule has 1 aromatic carbocycles. The lowest BCUT2D eigenvalue weighted by Gasteiger charge is -2.13. The molecule has 0 amide bonds. The van der Waals surface area contributed by atoms with E-state index in [1.165, 1.54) is 6.92 Å². The summed E-state index contributed by atoms with van der Waals surface area (Å²) in [5, 5.41) is 4.02. The molecule has 130 valence electrons. The molecule has 0 saturated carbocycles. The minimum Gasteiger partial charge on any atom is -0.458 e. The summed E-state index contributed by atoms with van der Waals surface area (Å²) in [5.74, 6) is -0.597. The van der Waals surface area contributed by atoms with Crippen LogP contribution in [-0.2, 0) is 22.3 Å². The molecule has 0 radical (unpaired) electrons. The second-order valence-corrected chi connectivity index (χ2v) is 5.19. The van der Waals surface area contributed by atoms with Crippen molar-refractivity contribution >= 4 is 11.5 Å². The summed E-state index contributed by atoms with van der Waals surface area (Å²) in [6, 6.07) is 8.84. The highest BCUT2D eigenvalue weighted by Crippen LogP contribution is 2.31. The summed E-state index contributed by atoms with van der Waals surface area (Å²) in [7, 11) is 0. The van der Waals surface area contributed by atoms with Crippen molar-refractivity contribution in [3.05, 3.63) is 64.3 Å². The van der Waals surface area contributed by atoms with Crippen molar-refractivity contribution in [1.29, 1.82) is 0 Å². The molecular weight excluding hydrogens is 339 g/mol. The molecule has 6 nitrogen and oxygen atoms in total. The Morgan fingerprint density at radius 1 is 1.20 bits per heavy atom. The number of para-hydroxylation sites is 1. The van der Waals surface area contributed by atoms with Crippen LogP contribution in [0.2, 0.25) is 0 Å². The molecular formula is C16H12F3N3O3. The fraction of sp³-hybridized carbons (Fsp3) is 0.188. The normalized spacial score (nSPS) is 11.7. The van der Waals surface area contributed by atoms with Gasteiger partial charge in [0.1, 0.15) is 5.52 Å². The summed E-state index contributed by atoms with van der Waals surface area (Å²) in [5.41, 5.74) is -2.25. The second-order valence-electron chi connectivity index (χ2n) is 5.19. The lowest BCUT2D eigenvalue weighted by molar-refractivity contribution is -0.142. The van der Waals surface area contributed by atoms with Gasteiger partial charge in [0.2, 0.25) is 0 Å². The van der Waals surface area contributed by atoms with Gasteiger partial charge >= 0.3 is 12.1 Å². The number of hydrogen-bond donors (Lipinski definition) is 0. The molecule has 0 aliphatic heterocycles. The van der Waals surface area contributed by atoms with Crippen molar-refractivity contribution in [3.8, 4) is 5.69 Å². The van der Waals surface area contributed by atoms with Crippen molar-refractivity contribution in [2.45, 2.75) is 19.7 Å². The molecule has 3 aromatic rings. The maximum atomic E-state index is 13.2. The molecule has 0 aliphatic rings. The minimum atomic E-state index is -4.69. The zero-order valence-corrected chi connectivity index (χ0v) is 12.9. The van der Waals surface area contributed by atoms with Crippen LogP contribution in [0.3, 0.4) is 0 Å². The van der Waals surface area contributed by atoms with Crippen LogP contribution in [0, 0.1) is 0 Å². The van der Waals surface area contributed by atoms with Gasteiger partial charge in [0.25, 0.3) is 5.56 Å². The second kappa shape index (κ2) is 6.08.